The van der Waals surface area contributed by atoms with E-state index in [1.807, 2.05) is 25.6 Å². The first-order chi connectivity index (χ1) is 17.0. The van der Waals surface area contributed by atoms with Crippen molar-refractivity contribution >= 4 is 11.8 Å². The maximum absolute atomic E-state index is 5.30. The zero-order valence-electron chi connectivity index (χ0n) is 29.9. The van der Waals surface area contributed by atoms with Crippen LogP contribution in [0.1, 0.15) is 111 Å². The summed E-state index contributed by atoms with van der Waals surface area (Å²) in [5.41, 5.74) is 0. The van der Waals surface area contributed by atoms with Gasteiger partial charge in [-0.1, -0.05) is 104 Å². The molecular formula is C33H72N2OSW4-4. The minimum absolute atomic E-state index is 0. The predicted molar refractivity (Wildman–Crippen MR) is 176 cm³/mol. The molecule has 0 rings (SSSR count). The van der Waals surface area contributed by atoms with Crippen LogP contribution < -0.4 is 10.6 Å². The molecule has 0 amide bonds. The van der Waals surface area contributed by atoms with Crippen molar-refractivity contribution in [3.05, 3.63) is 25.7 Å². The summed E-state index contributed by atoms with van der Waals surface area (Å²) in [4.78, 5) is 0. The fourth-order valence-electron chi connectivity index (χ4n) is 2.11. The van der Waals surface area contributed by atoms with Crippen LogP contribution >= 0.6 is 11.8 Å². The van der Waals surface area contributed by atoms with Crippen LogP contribution in [-0.2, 0) is 89.0 Å². The summed E-state index contributed by atoms with van der Waals surface area (Å²) in [5.74, 6) is 4.77. The molecule has 0 spiro atoms. The second-order valence-corrected chi connectivity index (χ2v) is 13.9. The number of hydrogen-bond donors (Lipinski definition) is 2. The van der Waals surface area contributed by atoms with Crippen LogP contribution in [0.25, 0.3) is 0 Å². The van der Waals surface area contributed by atoms with Crippen molar-refractivity contribution < 1.29 is 89.0 Å². The molecule has 0 aliphatic carbocycles. The van der Waals surface area contributed by atoms with E-state index in [1.165, 1.54) is 5.75 Å². The van der Waals surface area contributed by atoms with Gasteiger partial charge >= 0.3 is 0 Å². The first kappa shape index (κ1) is 62.8. The number of nitrogens with one attached hydrogen (secondary N) is 2. The Labute approximate surface area is 323 Å². The minimum Gasteiger partial charge on any atom is -0.410 e. The number of hydrogen-bond acceptors (Lipinski definition) is 4. The molecule has 0 aromatic heterocycles. The largest absolute Gasteiger partial charge is 0.410 e. The van der Waals surface area contributed by atoms with Crippen LogP contribution in [0.15, 0.2) is 0 Å². The summed E-state index contributed by atoms with van der Waals surface area (Å²) < 4.78 is 5.30. The second kappa shape index (κ2) is 47.4. The maximum atomic E-state index is 5.30. The van der Waals surface area contributed by atoms with Gasteiger partial charge in [0.25, 0.3) is 0 Å². The fourth-order valence-corrected chi connectivity index (χ4v) is 2.99. The standard InChI is InChI=1S/C9H20N.C8H18N.C8H17O.C8H17S.4W/c1-8(2)5-6-10-7-9(3)4;3*1-7(2)5-6-9-8(3)4;;;;/h5,8-10H,6-7H2,1-4H3;5,7-9H,6H2,1-4H3;2*5,7-8H,6H2,1-4H3;;;;/q4*-1;;;;. The van der Waals surface area contributed by atoms with Crippen molar-refractivity contribution in [3.63, 3.8) is 0 Å². The minimum atomic E-state index is 0. The third-order valence-corrected chi connectivity index (χ3v) is 5.45. The molecule has 41 heavy (non-hydrogen) atoms. The van der Waals surface area contributed by atoms with Gasteiger partial charge in [0.05, 0.1) is 0 Å². The van der Waals surface area contributed by atoms with Crippen molar-refractivity contribution in [2.24, 2.45) is 29.6 Å². The van der Waals surface area contributed by atoms with Crippen LogP contribution in [0.2, 0.25) is 0 Å². The SMILES string of the molecule is CC(C)[CH-]CNC(C)C.CC(C)[CH-]CNCC(C)C.CC(C)[CH-]COC(C)C.CC(C)[CH-]CSC(C)C.[W].[W].[W].[W]. The molecule has 0 aromatic carbocycles. The van der Waals surface area contributed by atoms with Gasteiger partial charge in [0.1, 0.15) is 0 Å². The van der Waals surface area contributed by atoms with Crippen molar-refractivity contribution in [1.29, 1.82) is 0 Å². The van der Waals surface area contributed by atoms with Gasteiger partial charge in [0.2, 0.25) is 0 Å². The molecule has 0 saturated heterocycles. The molecule has 8 heteroatoms. The first-order valence-electron chi connectivity index (χ1n) is 15.0. The monoisotopic (exact) mass is 1280 g/mol. The second-order valence-electron chi connectivity index (χ2n) is 12.3. The average molecular weight is 1280 g/mol. The van der Waals surface area contributed by atoms with Gasteiger partial charge in [0, 0.05) is 90.4 Å². The van der Waals surface area contributed by atoms with Crippen molar-refractivity contribution in [3.8, 4) is 0 Å². The normalized spacial score (nSPS) is 10.2. The molecule has 0 saturated carbocycles. The van der Waals surface area contributed by atoms with Crippen LogP contribution in [-0.4, -0.2) is 49.4 Å². The topological polar surface area (TPSA) is 33.3 Å². The fraction of sp³-hybridized carbons (Fsp3) is 0.879. The summed E-state index contributed by atoms with van der Waals surface area (Å²) >= 11 is 2.00. The van der Waals surface area contributed by atoms with Crippen molar-refractivity contribution in [2.45, 2.75) is 128 Å². The predicted octanol–water partition coefficient (Wildman–Crippen LogP) is 9.19. The first-order valence-corrected chi connectivity index (χ1v) is 16.1. The Morgan fingerprint density at radius 1 is 0.561 bits per heavy atom. The Hall–Kier alpha value is 2.98. The Balaban J connectivity index is -0.0000000572. The molecule has 0 bridgehead atoms. The van der Waals surface area contributed by atoms with Gasteiger partial charge in [-0.05, 0) is 37.6 Å². The van der Waals surface area contributed by atoms with Gasteiger partial charge < -0.3 is 41.1 Å². The van der Waals surface area contributed by atoms with E-state index >= 15 is 0 Å². The molecule has 0 fully saturated rings. The molecule has 3 nitrogen and oxygen atoms in total. The van der Waals surface area contributed by atoms with E-state index in [0.29, 0.717) is 29.9 Å². The molecule has 0 radical (unpaired) electrons. The van der Waals surface area contributed by atoms with E-state index in [4.69, 9.17) is 4.74 Å². The van der Waals surface area contributed by atoms with Gasteiger partial charge in [-0.3, -0.25) is 0 Å². The Morgan fingerprint density at radius 3 is 1.29 bits per heavy atom. The molecule has 2 N–H and O–H groups in total. The zero-order chi connectivity index (χ0) is 29.8. The summed E-state index contributed by atoms with van der Waals surface area (Å²) in [6, 6.07) is 0.611. The Kier molecular flexibility index (Phi) is 72.5. The van der Waals surface area contributed by atoms with Gasteiger partial charge in [0.15, 0.2) is 0 Å². The number of ether oxygens (including phenoxy) is 1. The third kappa shape index (κ3) is 92.2. The summed E-state index contributed by atoms with van der Waals surface area (Å²) in [6.07, 6.45) is 9.45. The van der Waals surface area contributed by atoms with E-state index in [1.54, 1.807) is 0 Å². The molecule has 0 atom stereocenters. The van der Waals surface area contributed by atoms with Crippen LogP contribution in [0.5, 0.6) is 0 Å². The van der Waals surface area contributed by atoms with E-state index in [2.05, 4.69) is 133 Å². The summed E-state index contributed by atoms with van der Waals surface area (Å²) in [5, 5.41) is 7.46. The number of rotatable bonds is 17. The smallest absolute Gasteiger partial charge is 0.0483 e. The molecule has 0 heterocycles. The molecule has 0 aliphatic rings. The maximum Gasteiger partial charge on any atom is 0.0483 e. The van der Waals surface area contributed by atoms with Crippen LogP contribution in [0, 0.1) is 55.3 Å². The van der Waals surface area contributed by atoms with E-state index in [9.17, 15) is 0 Å². The van der Waals surface area contributed by atoms with Crippen LogP contribution in [0.4, 0.5) is 0 Å². The van der Waals surface area contributed by atoms with E-state index in [0.717, 1.165) is 43.3 Å². The van der Waals surface area contributed by atoms with Crippen molar-refractivity contribution in [1.82, 2.24) is 10.6 Å². The van der Waals surface area contributed by atoms with Crippen molar-refractivity contribution in [2.75, 3.05) is 32.0 Å². The zero-order valence-corrected chi connectivity index (χ0v) is 42.5. The molecule has 0 aliphatic heterocycles. The quantitative estimate of drug-likeness (QED) is 0.113. The van der Waals surface area contributed by atoms with Gasteiger partial charge in [-0.2, -0.15) is 35.4 Å². The van der Waals surface area contributed by atoms with Gasteiger partial charge in [-0.25, -0.2) is 0 Å². The number of thioether (sulfide) groups is 1. The van der Waals surface area contributed by atoms with Gasteiger partial charge in [-0.15, -0.1) is 18.8 Å². The molecule has 0 unspecified atom stereocenters. The molecular weight excluding hydrogens is 1210 g/mol. The average Bonchev–Trinajstić information content (AvgIpc) is 2.71. The third-order valence-electron chi connectivity index (χ3n) is 4.40. The Morgan fingerprint density at radius 2 is 0.976 bits per heavy atom. The Bertz CT molecular complexity index is 336. The summed E-state index contributed by atoms with van der Waals surface area (Å²) in [6.45, 7) is 38.9. The van der Waals surface area contributed by atoms with Crippen LogP contribution in [0.3, 0.4) is 0 Å². The molecule has 0 aromatic rings. The van der Waals surface area contributed by atoms with E-state index in [-0.39, 0.29) is 84.3 Å². The summed E-state index contributed by atoms with van der Waals surface area (Å²) in [7, 11) is 0. The van der Waals surface area contributed by atoms with E-state index < -0.39 is 0 Å². The molecule has 254 valence electrons.